The maximum Gasteiger partial charge on any atom is 0.323 e. The molecular weight excluding hydrogens is 290 g/mol. The fraction of sp³-hybridized carbons (Fsp3) is 0.0667. The third-order valence-electron chi connectivity index (χ3n) is 2.62. The van der Waals surface area contributed by atoms with E-state index in [0.717, 1.165) is 11.3 Å². The van der Waals surface area contributed by atoms with Crippen molar-refractivity contribution in [2.75, 3.05) is 12.4 Å². The van der Waals surface area contributed by atoms with Crippen molar-refractivity contribution < 1.29 is 9.53 Å². The fourth-order valence-corrected chi connectivity index (χ4v) is 1.82. The van der Waals surface area contributed by atoms with Crippen LogP contribution in [0, 0.1) is 0 Å². The lowest BCUT2D eigenvalue weighted by atomic mass is 10.2. The van der Waals surface area contributed by atoms with Crippen LogP contribution >= 0.6 is 11.6 Å². The summed E-state index contributed by atoms with van der Waals surface area (Å²) in [5.74, 6) is 0.728. The van der Waals surface area contributed by atoms with Gasteiger partial charge in [0.15, 0.2) is 5.15 Å². The van der Waals surface area contributed by atoms with Gasteiger partial charge in [0.1, 0.15) is 5.75 Å². The number of carbonyl (C=O) groups is 1. The number of anilines is 1. The van der Waals surface area contributed by atoms with Crippen molar-refractivity contribution in [3.8, 4) is 5.75 Å². The first-order chi connectivity index (χ1) is 10.2. The minimum Gasteiger partial charge on any atom is -0.496 e. The standard InChI is InChI=1S/C15H14ClN3O2/c1-21-13-7-3-2-5-11(13)8-10-18-15(20)19-12-6-4-9-17-14(12)16/h2-10H,1H3,(H2,18,19,20)/b10-8+. The normalized spacial score (nSPS) is 10.4. The molecule has 0 saturated heterocycles. The van der Waals surface area contributed by atoms with E-state index in [1.807, 2.05) is 24.3 Å². The van der Waals surface area contributed by atoms with Gasteiger partial charge in [0.25, 0.3) is 0 Å². The maximum atomic E-state index is 11.7. The van der Waals surface area contributed by atoms with Crippen LogP contribution in [-0.2, 0) is 0 Å². The Bertz CT molecular complexity index is 659. The number of rotatable bonds is 4. The Labute approximate surface area is 127 Å². The number of methoxy groups -OCH3 is 1. The number of nitrogens with one attached hydrogen (secondary N) is 2. The topological polar surface area (TPSA) is 63.2 Å². The van der Waals surface area contributed by atoms with Crippen LogP contribution in [0.25, 0.3) is 6.08 Å². The van der Waals surface area contributed by atoms with Gasteiger partial charge in [0, 0.05) is 18.0 Å². The molecule has 0 radical (unpaired) electrons. The average Bonchev–Trinajstić information content (AvgIpc) is 2.50. The van der Waals surface area contributed by atoms with E-state index in [1.54, 1.807) is 31.5 Å². The number of carbonyl (C=O) groups excluding carboxylic acids is 1. The molecule has 108 valence electrons. The molecule has 0 bridgehead atoms. The zero-order valence-corrected chi connectivity index (χ0v) is 12.1. The maximum absolute atomic E-state index is 11.7. The van der Waals surface area contributed by atoms with E-state index in [0.29, 0.717) is 5.69 Å². The highest BCUT2D eigenvalue weighted by Gasteiger charge is 2.04. The van der Waals surface area contributed by atoms with Crippen molar-refractivity contribution in [2.45, 2.75) is 0 Å². The SMILES string of the molecule is COc1ccccc1/C=C/NC(=O)Nc1cccnc1Cl. The first kappa shape index (κ1) is 14.9. The van der Waals surface area contributed by atoms with E-state index in [-0.39, 0.29) is 5.15 Å². The van der Waals surface area contributed by atoms with Crippen LogP contribution in [0.4, 0.5) is 10.5 Å². The lowest BCUT2D eigenvalue weighted by Gasteiger charge is -2.06. The van der Waals surface area contributed by atoms with Gasteiger partial charge in [-0.3, -0.25) is 0 Å². The summed E-state index contributed by atoms with van der Waals surface area (Å²) in [6.07, 6.45) is 4.81. The second-order valence-corrected chi connectivity index (χ2v) is 4.37. The molecule has 2 amide bonds. The minimum atomic E-state index is -0.406. The van der Waals surface area contributed by atoms with Crippen molar-refractivity contribution in [3.63, 3.8) is 0 Å². The van der Waals surface area contributed by atoms with Crippen LogP contribution in [0.1, 0.15) is 5.56 Å². The van der Waals surface area contributed by atoms with E-state index in [2.05, 4.69) is 15.6 Å². The minimum absolute atomic E-state index is 0.237. The zero-order chi connectivity index (χ0) is 15.1. The summed E-state index contributed by atoms with van der Waals surface area (Å²) in [5.41, 5.74) is 1.31. The first-order valence-corrected chi connectivity index (χ1v) is 6.56. The Balaban J connectivity index is 1.95. The van der Waals surface area contributed by atoms with Gasteiger partial charge in [-0.15, -0.1) is 0 Å². The highest BCUT2D eigenvalue weighted by Crippen LogP contribution is 2.18. The number of amides is 2. The lowest BCUT2D eigenvalue weighted by molar-refractivity contribution is 0.255. The van der Waals surface area contributed by atoms with Crippen molar-refractivity contribution in [1.82, 2.24) is 10.3 Å². The molecule has 1 aromatic heterocycles. The molecule has 0 spiro atoms. The number of benzene rings is 1. The number of ether oxygens (including phenoxy) is 1. The lowest BCUT2D eigenvalue weighted by Crippen LogP contribution is -2.23. The molecule has 0 aliphatic rings. The molecule has 0 saturated carbocycles. The van der Waals surface area contributed by atoms with E-state index < -0.39 is 6.03 Å². The molecule has 2 rings (SSSR count). The molecule has 1 aromatic carbocycles. The Morgan fingerprint density at radius 2 is 2.10 bits per heavy atom. The van der Waals surface area contributed by atoms with E-state index in [4.69, 9.17) is 16.3 Å². The first-order valence-electron chi connectivity index (χ1n) is 6.18. The van der Waals surface area contributed by atoms with Gasteiger partial charge in [-0.1, -0.05) is 29.8 Å². The number of hydrogen-bond acceptors (Lipinski definition) is 3. The number of aromatic nitrogens is 1. The monoisotopic (exact) mass is 303 g/mol. The third-order valence-corrected chi connectivity index (χ3v) is 2.92. The molecule has 5 nitrogen and oxygen atoms in total. The Morgan fingerprint density at radius 3 is 2.86 bits per heavy atom. The van der Waals surface area contributed by atoms with Crippen LogP contribution in [0.2, 0.25) is 5.15 Å². The van der Waals surface area contributed by atoms with E-state index >= 15 is 0 Å². The molecule has 0 aliphatic heterocycles. The zero-order valence-electron chi connectivity index (χ0n) is 11.3. The van der Waals surface area contributed by atoms with Crippen molar-refractivity contribution in [3.05, 3.63) is 59.5 Å². The molecule has 6 heteroatoms. The summed E-state index contributed by atoms with van der Waals surface area (Å²) in [6.45, 7) is 0. The molecule has 21 heavy (non-hydrogen) atoms. The summed E-state index contributed by atoms with van der Waals surface area (Å²) in [4.78, 5) is 15.6. The second-order valence-electron chi connectivity index (χ2n) is 4.02. The molecule has 0 unspecified atom stereocenters. The highest BCUT2D eigenvalue weighted by molar-refractivity contribution is 6.32. The van der Waals surface area contributed by atoms with Gasteiger partial charge in [-0.25, -0.2) is 9.78 Å². The molecule has 2 aromatic rings. The largest absolute Gasteiger partial charge is 0.496 e. The van der Waals surface area contributed by atoms with Crippen LogP contribution in [0.15, 0.2) is 48.8 Å². The molecular formula is C15H14ClN3O2. The second kappa shape index (κ2) is 7.31. The molecule has 0 aliphatic carbocycles. The number of para-hydroxylation sites is 1. The van der Waals surface area contributed by atoms with Gasteiger partial charge in [0.05, 0.1) is 12.8 Å². The van der Waals surface area contributed by atoms with Crippen molar-refractivity contribution in [1.29, 1.82) is 0 Å². The molecule has 0 fully saturated rings. The Kier molecular flexibility index (Phi) is 5.17. The van der Waals surface area contributed by atoms with Gasteiger partial charge in [0.2, 0.25) is 0 Å². The summed E-state index contributed by atoms with van der Waals surface area (Å²) < 4.78 is 5.21. The number of hydrogen-bond donors (Lipinski definition) is 2. The van der Waals surface area contributed by atoms with Crippen molar-refractivity contribution in [2.24, 2.45) is 0 Å². The van der Waals surface area contributed by atoms with Crippen LogP contribution < -0.4 is 15.4 Å². The number of pyridine rings is 1. The number of urea groups is 1. The number of halogens is 1. The highest BCUT2D eigenvalue weighted by atomic mass is 35.5. The summed E-state index contributed by atoms with van der Waals surface area (Å²) in [5, 5.41) is 5.42. The quantitative estimate of drug-likeness (QED) is 0.849. The van der Waals surface area contributed by atoms with Gasteiger partial charge < -0.3 is 15.4 Å². The average molecular weight is 304 g/mol. The van der Waals surface area contributed by atoms with Gasteiger partial charge in [-0.2, -0.15) is 0 Å². The predicted octanol–water partition coefficient (Wildman–Crippen LogP) is 3.54. The summed E-state index contributed by atoms with van der Waals surface area (Å²) >= 11 is 5.85. The van der Waals surface area contributed by atoms with E-state index in [9.17, 15) is 4.79 Å². The number of nitrogens with zero attached hydrogens (tertiary/aromatic N) is 1. The third kappa shape index (κ3) is 4.22. The van der Waals surface area contributed by atoms with Gasteiger partial charge >= 0.3 is 6.03 Å². The molecule has 1 heterocycles. The summed E-state index contributed by atoms with van der Waals surface area (Å²) in [7, 11) is 1.59. The Morgan fingerprint density at radius 1 is 1.29 bits per heavy atom. The van der Waals surface area contributed by atoms with E-state index in [1.165, 1.54) is 6.20 Å². The van der Waals surface area contributed by atoms with Crippen molar-refractivity contribution >= 4 is 29.4 Å². The fourth-order valence-electron chi connectivity index (χ4n) is 1.65. The van der Waals surface area contributed by atoms with Crippen LogP contribution in [0.5, 0.6) is 5.75 Å². The predicted molar refractivity (Wildman–Crippen MR) is 83.4 cm³/mol. The Hall–Kier alpha value is -2.53. The molecule has 2 N–H and O–H groups in total. The molecule has 0 atom stereocenters. The summed E-state index contributed by atoms with van der Waals surface area (Å²) in [6, 6.07) is 10.4. The smallest absolute Gasteiger partial charge is 0.323 e. The van der Waals surface area contributed by atoms with Crippen LogP contribution in [-0.4, -0.2) is 18.1 Å². The van der Waals surface area contributed by atoms with Gasteiger partial charge in [-0.05, 0) is 24.3 Å². The van der Waals surface area contributed by atoms with Crippen LogP contribution in [0.3, 0.4) is 0 Å².